The molecule has 0 unspecified atom stereocenters. The van der Waals surface area contributed by atoms with Crippen molar-refractivity contribution in [3.8, 4) is 0 Å². The summed E-state index contributed by atoms with van der Waals surface area (Å²) in [7, 11) is 0. The predicted molar refractivity (Wildman–Crippen MR) is 168 cm³/mol. The highest BCUT2D eigenvalue weighted by molar-refractivity contribution is 8.00. The number of rotatable bonds is 10. The van der Waals surface area contributed by atoms with Gasteiger partial charge in [-0.05, 0) is 60.4 Å². The number of hydrogen-bond donors (Lipinski definition) is 2. The van der Waals surface area contributed by atoms with Gasteiger partial charge in [0.25, 0.3) is 0 Å². The van der Waals surface area contributed by atoms with E-state index in [9.17, 15) is 9.59 Å². The molecule has 0 saturated carbocycles. The van der Waals surface area contributed by atoms with Gasteiger partial charge in [-0.1, -0.05) is 87.6 Å². The minimum absolute atomic E-state index is 0.113. The fourth-order valence-electron chi connectivity index (χ4n) is 4.66. The highest BCUT2D eigenvalue weighted by Gasteiger charge is 2.38. The van der Waals surface area contributed by atoms with E-state index in [-0.39, 0.29) is 11.6 Å². The summed E-state index contributed by atoms with van der Waals surface area (Å²) in [6, 6.07) is 27.8. The molecule has 4 aromatic rings. The highest BCUT2D eigenvalue weighted by Crippen LogP contribution is 2.45. The number of nitrogens with one attached hydrogen (secondary N) is 2. The van der Waals surface area contributed by atoms with Gasteiger partial charge in [0, 0.05) is 55.2 Å². The first-order chi connectivity index (χ1) is 19.3. The van der Waals surface area contributed by atoms with Crippen molar-refractivity contribution in [2.24, 2.45) is 11.8 Å². The van der Waals surface area contributed by atoms with Crippen molar-refractivity contribution < 1.29 is 9.59 Å². The topological polar surface area (TPSA) is 58.2 Å². The fraction of sp³-hybridized carbons (Fsp3) is 0.235. The Bertz CT molecular complexity index is 1420. The zero-order chi connectivity index (χ0) is 28.2. The molecule has 4 nitrogen and oxygen atoms in total. The van der Waals surface area contributed by atoms with Gasteiger partial charge in [0.1, 0.15) is 0 Å². The summed E-state index contributed by atoms with van der Waals surface area (Å²) in [6.45, 7) is 9.91. The molecule has 1 aliphatic rings. The van der Waals surface area contributed by atoms with Crippen molar-refractivity contribution in [1.29, 1.82) is 0 Å². The Labute approximate surface area is 245 Å². The molecule has 4 aromatic carbocycles. The minimum Gasteiger partial charge on any atom is -0.384 e. The second-order valence-corrected chi connectivity index (χ2v) is 13.0. The van der Waals surface area contributed by atoms with Gasteiger partial charge in [0.2, 0.25) is 0 Å². The third-order valence-corrected chi connectivity index (χ3v) is 8.72. The zero-order valence-corrected chi connectivity index (χ0v) is 24.9. The summed E-state index contributed by atoms with van der Waals surface area (Å²) >= 11 is 3.04. The minimum atomic E-state index is -0.113. The van der Waals surface area contributed by atoms with E-state index in [2.05, 4.69) is 38.3 Å². The van der Waals surface area contributed by atoms with Crippen LogP contribution in [-0.4, -0.2) is 24.7 Å². The van der Waals surface area contributed by atoms with E-state index in [0.29, 0.717) is 58.6 Å². The lowest BCUT2D eigenvalue weighted by Gasteiger charge is -2.27. The van der Waals surface area contributed by atoms with Gasteiger partial charge in [-0.25, -0.2) is 0 Å². The van der Waals surface area contributed by atoms with E-state index in [0.717, 1.165) is 19.6 Å². The van der Waals surface area contributed by atoms with Crippen LogP contribution in [0.1, 0.15) is 59.5 Å². The van der Waals surface area contributed by atoms with Crippen LogP contribution in [0.3, 0.4) is 0 Å². The molecule has 0 atom stereocenters. The number of hydrogen-bond acceptors (Lipinski definition) is 6. The van der Waals surface area contributed by atoms with E-state index in [4.69, 9.17) is 0 Å². The smallest absolute Gasteiger partial charge is 0.197 e. The van der Waals surface area contributed by atoms with E-state index < -0.39 is 0 Å². The SMILES string of the molecule is CC(C)CNc1ccc(NCC(C)C)c2c1C(=O)c1c(Sc3ccccc3)ccc(Sc3ccccc3)c1C2=O. The van der Waals surface area contributed by atoms with Crippen LogP contribution in [0.5, 0.6) is 0 Å². The Morgan fingerprint density at radius 2 is 0.900 bits per heavy atom. The van der Waals surface area contributed by atoms with Gasteiger partial charge in [-0.3, -0.25) is 9.59 Å². The van der Waals surface area contributed by atoms with Gasteiger partial charge >= 0.3 is 0 Å². The predicted octanol–water partition coefficient (Wildman–Crippen LogP) is 8.90. The Hall–Kier alpha value is -3.48. The third kappa shape index (κ3) is 5.98. The molecule has 0 fully saturated rings. The average molecular weight is 567 g/mol. The van der Waals surface area contributed by atoms with Crippen LogP contribution in [0.4, 0.5) is 11.4 Å². The molecule has 0 heterocycles. The van der Waals surface area contributed by atoms with Crippen LogP contribution in [0.25, 0.3) is 0 Å². The van der Waals surface area contributed by atoms with Crippen LogP contribution >= 0.6 is 23.5 Å². The van der Waals surface area contributed by atoms with Crippen LogP contribution in [0.15, 0.2) is 105 Å². The van der Waals surface area contributed by atoms with Gasteiger partial charge in [-0.15, -0.1) is 0 Å². The molecular weight excluding hydrogens is 533 g/mol. The maximum absolute atomic E-state index is 14.6. The number of carbonyl (C=O) groups is 2. The molecular formula is C34H34N2O2S2. The van der Waals surface area contributed by atoms with Crippen LogP contribution < -0.4 is 10.6 Å². The van der Waals surface area contributed by atoms with E-state index in [1.807, 2.05) is 84.9 Å². The lowest BCUT2D eigenvalue weighted by atomic mass is 9.82. The molecule has 0 aromatic heterocycles. The van der Waals surface area contributed by atoms with Crippen LogP contribution in [0, 0.1) is 11.8 Å². The Morgan fingerprint density at radius 3 is 1.25 bits per heavy atom. The molecule has 204 valence electrons. The summed E-state index contributed by atoms with van der Waals surface area (Å²) < 4.78 is 0. The molecule has 0 saturated heterocycles. The van der Waals surface area contributed by atoms with Crippen LogP contribution in [-0.2, 0) is 0 Å². The van der Waals surface area contributed by atoms with E-state index in [1.54, 1.807) is 0 Å². The lowest BCUT2D eigenvalue weighted by molar-refractivity contribution is 0.0975. The molecule has 5 rings (SSSR count). The standard InChI is InChI=1S/C34H34N2O2S2/c1-21(2)19-35-25-15-16-26(36-20-22(3)4)30-29(25)33(37)31-27(39-23-11-7-5-8-12-23)17-18-28(32(31)34(30)38)40-24-13-9-6-10-14-24/h5-18,21-22,35-36H,19-20H2,1-4H3. The second kappa shape index (κ2) is 12.4. The van der Waals surface area contributed by atoms with Crippen molar-refractivity contribution in [3.63, 3.8) is 0 Å². The first kappa shape index (κ1) is 28.1. The fourth-order valence-corrected chi connectivity index (χ4v) is 6.62. The Balaban J connectivity index is 1.70. The number of anilines is 2. The van der Waals surface area contributed by atoms with Gasteiger partial charge in [0.05, 0.1) is 11.1 Å². The van der Waals surface area contributed by atoms with Crippen molar-refractivity contribution in [2.75, 3.05) is 23.7 Å². The average Bonchev–Trinajstić information content (AvgIpc) is 2.95. The summed E-state index contributed by atoms with van der Waals surface area (Å²) in [5.74, 6) is 0.541. The number of carbonyl (C=O) groups excluding carboxylic acids is 2. The quantitative estimate of drug-likeness (QED) is 0.176. The maximum atomic E-state index is 14.6. The van der Waals surface area contributed by atoms with Crippen molar-refractivity contribution >= 4 is 46.5 Å². The molecule has 2 N–H and O–H groups in total. The molecule has 0 radical (unpaired) electrons. The largest absolute Gasteiger partial charge is 0.384 e. The highest BCUT2D eigenvalue weighted by atomic mass is 32.2. The number of benzene rings is 4. The molecule has 6 heteroatoms. The van der Waals surface area contributed by atoms with Crippen molar-refractivity contribution in [1.82, 2.24) is 0 Å². The third-order valence-electron chi connectivity index (χ3n) is 6.59. The molecule has 0 amide bonds. The monoisotopic (exact) mass is 566 g/mol. The van der Waals surface area contributed by atoms with E-state index >= 15 is 0 Å². The van der Waals surface area contributed by atoms with Crippen molar-refractivity contribution in [3.05, 3.63) is 107 Å². The van der Waals surface area contributed by atoms with Gasteiger partial charge < -0.3 is 10.6 Å². The normalized spacial score (nSPS) is 12.4. The Kier molecular flexibility index (Phi) is 8.67. The second-order valence-electron chi connectivity index (χ2n) is 10.8. The van der Waals surface area contributed by atoms with Gasteiger partial charge in [0.15, 0.2) is 11.6 Å². The number of ketones is 2. The lowest BCUT2D eigenvalue weighted by Crippen LogP contribution is -2.26. The summed E-state index contributed by atoms with van der Waals surface area (Å²) in [4.78, 5) is 32.8. The number of fused-ring (bicyclic) bond motifs is 2. The summed E-state index contributed by atoms with van der Waals surface area (Å²) in [6.07, 6.45) is 0. The van der Waals surface area contributed by atoms with Crippen molar-refractivity contribution in [2.45, 2.75) is 47.3 Å². The molecule has 0 aliphatic heterocycles. The molecule has 0 spiro atoms. The van der Waals surface area contributed by atoms with Gasteiger partial charge in [-0.2, -0.15) is 0 Å². The summed E-state index contributed by atoms with van der Waals surface area (Å²) in [5, 5.41) is 6.91. The van der Waals surface area contributed by atoms with Crippen LogP contribution in [0.2, 0.25) is 0 Å². The summed E-state index contributed by atoms with van der Waals surface area (Å²) in [5.41, 5.74) is 3.31. The molecule has 0 bridgehead atoms. The first-order valence-corrected chi connectivity index (χ1v) is 15.3. The van der Waals surface area contributed by atoms with E-state index in [1.165, 1.54) is 23.5 Å². The first-order valence-electron chi connectivity index (χ1n) is 13.7. The Morgan fingerprint density at radius 1 is 0.525 bits per heavy atom. The molecule has 40 heavy (non-hydrogen) atoms. The zero-order valence-electron chi connectivity index (χ0n) is 23.3. The maximum Gasteiger partial charge on any atom is 0.197 e. The molecule has 1 aliphatic carbocycles.